The number of anilines is 1. The summed E-state index contributed by atoms with van der Waals surface area (Å²) in [5.74, 6) is 0.00910. The van der Waals surface area contributed by atoms with Crippen LogP contribution in [0.5, 0.6) is 5.75 Å². The van der Waals surface area contributed by atoms with Crippen molar-refractivity contribution in [1.29, 1.82) is 0 Å². The van der Waals surface area contributed by atoms with Crippen LogP contribution in [0.25, 0.3) is 0 Å². The van der Waals surface area contributed by atoms with Crippen LogP contribution in [0.3, 0.4) is 0 Å². The lowest BCUT2D eigenvalue weighted by Gasteiger charge is -2.15. The van der Waals surface area contributed by atoms with Gasteiger partial charge in [0.1, 0.15) is 11.3 Å². The van der Waals surface area contributed by atoms with E-state index in [0.717, 1.165) is 22.4 Å². The zero-order chi connectivity index (χ0) is 19.3. The van der Waals surface area contributed by atoms with Crippen LogP contribution in [0.15, 0.2) is 30.3 Å². The van der Waals surface area contributed by atoms with Crippen LogP contribution in [0.2, 0.25) is 5.02 Å². The molecule has 0 heterocycles. The first-order valence-electron chi connectivity index (χ1n) is 7.92. The number of carbonyl (C=O) groups excluding carboxylic acids is 1. The highest BCUT2D eigenvalue weighted by molar-refractivity contribution is 7.80. The zero-order valence-electron chi connectivity index (χ0n) is 15.1. The predicted octanol–water partition coefficient (Wildman–Crippen LogP) is 4.24. The minimum absolute atomic E-state index is 0.366. The van der Waals surface area contributed by atoms with Gasteiger partial charge in [-0.05, 0) is 61.0 Å². The van der Waals surface area contributed by atoms with Gasteiger partial charge in [0.2, 0.25) is 0 Å². The van der Waals surface area contributed by atoms with Gasteiger partial charge in [-0.1, -0.05) is 23.7 Å². The molecule has 0 aromatic heterocycles. The second kappa shape index (κ2) is 8.87. The van der Waals surface area contributed by atoms with Gasteiger partial charge in [0.05, 0.1) is 24.9 Å². The van der Waals surface area contributed by atoms with E-state index in [1.54, 1.807) is 12.1 Å². The average molecular weight is 393 g/mol. The third kappa shape index (κ3) is 4.86. The van der Waals surface area contributed by atoms with Crippen LogP contribution in [-0.4, -0.2) is 25.3 Å². The molecule has 0 saturated carbocycles. The fraction of sp³-hybridized carbons (Fsp3) is 0.263. The maximum Gasteiger partial charge on any atom is 0.341 e. The van der Waals surface area contributed by atoms with E-state index in [9.17, 15) is 4.79 Å². The smallest absolute Gasteiger partial charge is 0.341 e. The number of esters is 1. The Morgan fingerprint density at radius 2 is 1.92 bits per heavy atom. The lowest BCUT2D eigenvalue weighted by Crippen LogP contribution is -2.28. The Labute approximate surface area is 163 Å². The zero-order valence-corrected chi connectivity index (χ0v) is 16.7. The number of thiocarbonyl (C=S) groups is 1. The highest BCUT2D eigenvalue weighted by Crippen LogP contribution is 2.27. The number of methoxy groups -OCH3 is 2. The number of hydrogen-bond donors (Lipinski definition) is 2. The van der Waals surface area contributed by atoms with Gasteiger partial charge >= 0.3 is 5.97 Å². The molecule has 0 aliphatic rings. The summed E-state index contributed by atoms with van der Waals surface area (Å²) >= 11 is 11.6. The van der Waals surface area contributed by atoms with E-state index < -0.39 is 5.97 Å². The molecule has 0 unspecified atom stereocenters. The number of benzene rings is 2. The number of ether oxygens (including phenoxy) is 2. The molecule has 0 radical (unpaired) electrons. The summed E-state index contributed by atoms with van der Waals surface area (Å²) in [5.41, 5.74) is 4.11. The largest absolute Gasteiger partial charge is 0.496 e. The van der Waals surface area contributed by atoms with Crippen molar-refractivity contribution in [3.63, 3.8) is 0 Å². The number of nitrogens with one attached hydrogen (secondary N) is 2. The summed E-state index contributed by atoms with van der Waals surface area (Å²) in [7, 11) is 2.84. The minimum Gasteiger partial charge on any atom is -0.496 e. The molecule has 0 amide bonds. The number of halogens is 1. The maximum atomic E-state index is 11.9. The van der Waals surface area contributed by atoms with E-state index in [2.05, 4.69) is 10.6 Å². The molecule has 2 N–H and O–H groups in total. The quantitative estimate of drug-likeness (QED) is 0.586. The van der Waals surface area contributed by atoms with Crippen molar-refractivity contribution in [3.8, 4) is 5.75 Å². The summed E-state index contributed by atoms with van der Waals surface area (Å²) < 4.78 is 9.97. The van der Waals surface area contributed by atoms with Crippen molar-refractivity contribution in [2.75, 3.05) is 19.5 Å². The first-order valence-corrected chi connectivity index (χ1v) is 8.71. The fourth-order valence-corrected chi connectivity index (χ4v) is 3.09. The Balaban J connectivity index is 2.07. The summed E-state index contributed by atoms with van der Waals surface area (Å²) in [6, 6.07) is 9.20. The second-order valence-corrected chi connectivity index (χ2v) is 6.59. The third-order valence-electron chi connectivity index (χ3n) is 3.79. The highest BCUT2D eigenvalue weighted by Gasteiger charge is 2.14. The van der Waals surface area contributed by atoms with E-state index in [-0.39, 0.29) is 0 Å². The number of aryl methyl sites for hydroxylation is 2. The Morgan fingerprint density at radius 3 is 2.54 bits per heavy atom. The number of rotatable bonds is 5. The van der Waals surface area contributed by atoms with E-state index >= 15 is 0 Å². The Hall–Kier alpha value is -2.31. The van der Waals surface area contributed by atoms with Gasteiger partial charge in [-0.15, -0.1) is 0 Å². The summed E-state index contributed by atoms with van der Waals surface area (Å²) in [6.45, 7) is 4.39. The molecule has 0 fully saturated rings. The molecule has 0 aliphatic carbocycles. The first kappa shape index (κ1) is 20.0. The molecule has 0 aliphatic heterocycles. The van der Waals surface area contributed by atoms with E-state index in [1.165, 1.54) is 14.2 Å². The lowest BCUT2D eigenvalue weighted by atomic mass is 10.1. The van der Waals surface area contributed by atoms with E-state index in [0.29, 0.717) is 28.0 Å². The number of hydrogen-bond acceptors (Lipinski definition) is 4. The van der Waals surface area contributed by atoms with Crippen LogP contribution in [-0.2, 0) is 11.3 Å². The van der Waals surface area contributed by atoms with Gasteiger partial charge in [0.25, 0.3) is 0 Å². The Morgan fingerprint density at radius 1 is 1.19 bits per heavy atom. The van der Waals surface area contributed by atoms with Gasteiger partial charge in [-0.2, -0.15) is 0 Å². The maximum absolute atomic E-state index is 11.9. The van der Waals surface area contributed by atoms with Crippen molar-refractivity contribution >= 4 is 40.6 Å². The topological polar surface area (TPSA) is 59.6 Å². The monoisotopic (exact) mass is 392 g/mol. The molecular formula is C19H21ClN2O3S. The SMILES string of the molecule is COC(=O)c1cc(CNC(=S)Nc2c(C)cc(C)cc2Cl)ccc1OC. The summed E-state index contributed by atoms with van der Waals surface area (Å²) in [5, 5.41) is 7.28. The highest BCUT2D eigenvalue weighted by atomic mass is 35.5. The van der Waals surface area contributed by atoms with Crippen LogP contribution in [0.4, 0.5) is 5.69 Å². The Kier molecular flexibility index (Phi) is 6.83. The molecule has 138 valence electrons. The molecule has 0 atom stereocenters. The molecular weight excluding hydrogens is 372 g/mol. The van der Waals surface area contributed by atoms with Crippen LogP contribution >= 0.6 is 23.8 Å². The fourth-order valence-electron chi connectivity index (χ4n) is 2.55. The van der Waals surface area contributed by atoms with Crippen LogP contribution in [0.1, 0.15) is 27.0 Å². The molecule has 0 saturated heterocycles. The molecule has 2 aromatic rings. The molecule has 0 bridgehead atoms. The van der Waals surface area contributed by atoms with E-state index in [1.807, 2.05) is 32.0 Å². The van der Waals surface area contributed by atoms with Crippen molar-refractivity contribution in [2.24, 2.45) is 0 Å². The molecule has 5 nitrogen and oxygen atoms in total. The van der Waals surface area contributed by atoms with Gasteiger partial charge in [-0.25, -0.2) is 4.79 Å². The van der Waals surface area contributed by atoms with Gasteiger partial charge < -0.3 is 20.1 Å². The molecule has 0 spiro atoms. The van der Waals surface area contributed by atoms with Gasteiger partial charge in [-0.3, -0.25) is 0 Å². The standard InChI is InChI=1S/C19H21ClN2O3S/c1-11-7-12(2)17(15(20)8-11)22-19(26)21-10-13-5-6-16(24-3)14(9-13)18(23)25-4/h5-9H,10H2,1-4H3,(H2,21,22,26). The molecule has 7 heteroatoms. The predicted molar refractivity (Wildman–Crippen MR) is 108 cm³/mol. The van der Waals surface area contributed by atoms with Crippen molar-refractivity contribution in [3.05, 3.63) is 57.6 Å². The molecule has 26 heavy (non-hydrogen) atoms. The Bertz CT molecular complexity index is 817. The van der Waals surface area contributed by atoms with Crippen molar-refractivity contribution in [1.82, 2.24) is 5.32 Å². The summed E-state index contributed by atoms with van der Waals surface area (Å²) in [6.07, 6.45) is 0. The minimum atomic E-state index is -0.452. The van der Waals surface area contributed by atoms with E-state index in [4.69, 9.17) is 33.3 Å². The lowest BCUT2D eigenvalue weighted by molar-refractivity contribution is 0.0597. The van der Waals surface area contributed by atoms with Crippen LogP contribution in [0, 0.1) is 13.8 Å². The molecule has 2 aromatic carbocycles. The summed E-state index contributed by atoms with van der Waals surface area (Å²) in [4.78, 5) is 11.9. The first-order chi connectivity index (χ1) is 12.3. The molecule has 2 rings (SSSR count). The van der Waals surface area contributed by atoms with Crippen LogP contribution < -0.4 is 15.4 Å². The van der Waals surface area contributed by atoms with Crippen molar-refractivity contribution in [2.45, 2.75) is 20.4 Å². The van der Waals surface area contributed by atoms with Gasteiger partial charge in [0, 0.05) is 6.54 Å². The third-order valence-corrected chi connectivity index (χ3v) is 4.34. The average Bonchev–Trinajstić information content (AvgIpc) is 2.62. The number of carbonyl (C=O) groups is 1. The van der Waals surface area contributed by atoms with Crippen molar-refractivity contribution < 1.29 is 14.3 Å². The second-order valence-electron chi connectivity index (χ2n) is 5.77. The van der Waals surface area contributed by atoms with Gasteiger partial charge in [0.15, 0.2) is 5.11 Å². The normalized spacial score (nSPS) is 10.2.